The smallest absolute Gasteiger partial charge is 0.408 e. The molecule has 10 nitrogen and oxygen atoms in total. The van der Waals surface area contributed by atoms with Crippen molar-refractivity contribution in [3.8, 4) is 22.4 Å². The Labute approximate surface area is 233 Å². The molecular formula is C30H34N4O6. The van der Waals surface area contributed by atoms with Gasteiger partial charge in [0.15, 0.2) is 0 Å². The average molecular weight is 547 g/mol. The van der Waals surface area contributed by atoms with Gasteiger partial charge in [-0.3, -0.25) is 14.9 Å². The Hall–Kier alpha value is -4.47. The maximum Gasteiger partial charge on any atom is 0.408 e. The molecule has 0 unspecified atom stereocenters. The zero-order valence-electron chi connectivity index (χ0n) is 23.2. The van der Waals surface area contributed by atoms with Crippen LogP contribution in [0.4, 0.5) is 16.3 Å². The van der Waals surface area contributed by atoms with E-state index in [4.69, 9.17) is 4.74 Å². The van der Waals surface area contributed by atoms with Crippen LogP contribution in [0.15, 0.2) is 60.7 Å². The predicted molar refractivity (Wildman–Crippen MR) is 152 cm³/mol. The number of anilines is 1. The fraction of sp³-hybridized carbons (Fsp3) is 0.367. The Morgan fingerprint density at radius 1 is 1.05 bits per heavy atom. The standard InChI is InChI=1S/C30H34N4O6/c1-29(2,3)40-28(36)33-30(16-8-17-30)22-13-11-21(12-14-22)26-23(20-9-6-5-7-10-20)19-24(34(37)38)27(32-26)31-18-15-25(35)39-4/h5-7,9-14,19H,8,15-18H2,1-4H3,(H,31,32)(H,33,36). The molecule has 0 aliphatic heterocycles. The van der Waals surface area contributed by atoms with Crippen molar-refractivity contribution in [1.29, 1.82) is 0 Å². The maximum atomic E-state index is 12.6. The number of hydrogen-bond donors (Lipinski definition) is 2. The zero-order chi connectivity index (χ0) is 28.9. The van der Waals surface area contributed by atoms with Crippen LogP contribution in [0.2, 0.25) is 0 Å². The summed E-state index contributed by atoms with van der Waals surface area (Å²) in [6.07, 6.45) is 2.16. The van der Waals surface area contributed by atoms with Gasteiger partial charge >= 0.3 is 17.7 Å². The fourth-order valence-corrected chi connectivity index (χ4v) is 4.68. The minimum atomic E-state index is -0.600. The summed E-state index contributed by atoms with van der Waals surface area (Å²) in [6.45, 7) is 5.61. The lowest BCUT2D eigenvalue weighted by Crippen LogP contribution is -2.52. The first-order valence-electron chi connectivity index (χ1n) is 13.2. The molecule has 2 N–H and O–H groups in total. The topological polar surface area (TPSA) is 133 Å². The van der Waals surface area contributed by atoms with Gasteiger partial charge in [-0.05, 0) is 51.2 Å². The molecule has 40 heavy (non-hydrogen) atoms. The predicted octanol–water partition coefficient (Wildman–Crippen LogP) is 6.20. The van der Waals surface area contributed by atoms with E-state index in [2.05, 4.69) is 20.4 Å². The van der Waals surface area contributed by atoms with Gasteiger partial charge in [0, 0.05) is 23.7 Å². The highest BCUT2D eigenvalue weighted by atomic mass is 16.6. The molecule has 0 spiro atoms. The van der Waals surface area contributed by atoms with Gasteiger partial charge in [-0.25, -0.2) is 9.78 Å². The van der Waals surface area contributed by atoms with Gasteiger partial charge in [0.1, 0.15) is 5.60 Å². The van der Waals surface area contributed by atoms with E-state index >= 15 is 0 Å². The highest BCUT2D eigenvalue weighted by Gasteiger charge is 2.41. The number of nitro groups is 1. The van der Waals surface area contributed by atoms with E-state index in [0.717, 1.165) is 36.0 Å². The normalized spacial score (nSPS) is 14.0. The van der Waals surface area contributed by atoms with E-state index in [1.165, 1.54) is 13.2 Å². The number of amides is 1. The number of pyridine rings is 1. The van der Waals surface area contributed by atoms with Gasteiger partial charge in [0.05, 0.1) is 29.7 Å². The van der Waals surface area contributed by atoms with Crippen LogP contribution in [-0.2, 0) is 19.8 Å². The molecule has 1 saturated carbocycles. The minimum absolute atomic E-state index is 0.0343. The van der Waals surface area contributed by atoms with Crippen molar-refractivity contribution < 1.29 is 24.0 Å². The highest BCUT2D eigenvalue weighted by molar-refractivity contribution is 5.85. The van der Waals surface area contributed by atoms with Crippen molar-refractivity contribution in [2.75, 3.05) is 19.0 Å². The van der Waals surface area contributed by atoms with Crippen molar-refractivity contribution in [3.05, 3.63) is 76.3 Å². The number of nitrogens with one attached hydrogen (secondary N) is 2. The van der Waals surface area contributed by atoms with Crippen LogP contribution < -0.4 is 10.6 Å². The molecule has 10 heteroatoms. The van der Waals surface area contributed by atoms with E-state index in [1.807, 2.05) is 75.4 Å². The molecule has 0 radical (unpaired) electrons. The summed E-state index contributed by atoms with van der Waals surface area (Å²) in [5.74, 6) is -0.369. The van der Waals surface area contributed by atoms with E-state index in [1.54, 1.807) is 0 Å². The molecule has 0 saturated heterocycles. The first kappa shape index (κ1) is 28.5. The quantitative estimate of drug-likeness (QED) is 0.184. The van der Waals surface area contributed by atoms with Gasteiger partial charge in [0.2, 0.25) is 5.82 Å². The largest absolute Gasteiger partial charge is 0.469 e. The molecule has 1 aromatic heterocycles. The molecule has 1 aliphatic rings. The third kappa shape index (κ3) is 6.56. The molecule has 1 aliphatic carbocycles. The molecule has 1 amide bonds. The summed E-state index contributed by atoms with van der Waals surface area (Å²) in [5.41, 5.74) is 2.33. The summed E-state index contributed by atoms with van der Waals surface area (Å²) in [5, 5.41) is 18.0. The van der Waals surface area contributed by atoms with Crippen molar-refractivity contribution in [2.45, 2.75) is 57.6 Å². The summed E-state index contributed by atoms with van der Waals surface area (Å²) in [4.78, 5) is 40.3. The second kappa shape index (κ2) is 11.7. The van der Waals surface area contributed by atoms with Crippen LogP contribution in [0.5, 0.6) is 0 Å². The van der Waals surface area contributed by atoms with Gasteiger partial charge < -0.3 is 20.1 Å². The Balaban J connectivity index is 1.71. The number of alkyl carbamates (subject to hydrolysis) is 1. The summed E-state index contributed by atoms with van der Waals surface area (Å²) in [7, 11) is 1.29. The van der Waals surface area contributed by atoms with Crippen molar-refractivity contribution in [3.63, 3.8) is 0 Å². The number of nitrogens with zero attached hydrogens (tertiary/aromatic N) is 2. The van der Waals surface area contributed by atoms with Crippen molar-refractivity contribution in [2.24, 2.45) is 0 Å². The number of benzene rings is 2. The second-order valence-corrected chi connectivity index (χ2v) is 10.8. The molecule has 4 rings (SSSR count). The van der Waals surface area contributed by atoms with Gasteiger partial charge in [0.25, 0.3) is 0 Å². The third-order valence-corrected chi connectivity index (χ3v) is 6.79. The van der Waals surface area contributed by atoms with E-state index in [-0.39, 0.29) is 24.5 Å². The number of carbonyl (C=O) groups excluding carboxylic acids is 2. The number of esters is 1. The van der Waals surface area contributed by atoms with E-state index < -0.39 is 28.1 Å². The van der Waals surface area contributed by atoms with Gasteiger partial charge in [-0.1, -0.05) is 54.6 Å². The number of ether oxygens (including phenoxy) is 2. The Kier molecular flexibility index (Phi) is 8.37. The van der Waals surface area contributed by atoms with Gasteiger partial charge in [-0.15, -0.1) is 0 Å². The second-order valence-electron chi connectivity index (χ2n) is 10.8. The molecule has 3 aromatic rings. The molecule has 210 valence electrons. The van der Waals surface area contributed by atoms with Crippen LogP contribution in [0.25, 0.3) is 22.4 Å². The minimum Gasteiger partial charge on any atom is -0.469 e. The number of methoxy groups -OCH3 is 1. The van der Waals surface area contributed by atoms with E-state index in [0.29, 0.717) is 11.3 Å². The van der Waals surface area contributed by atoms with Crippen LogP contribution in [0.1, 0.15) is 52.0 Å². The lowest BCUT2D eigenvalue weighted by Gasteiger charge is -2.43. The molecule has 1 heterocycles. The first-order valence-corrected chi connectivity index (χ1v) is 13.2. The van der Waals surface area contributed by atoms with Crippen LogP contribution >= 0.6 is 0 Å². The Morgan fingerprint density at radius 3 is 2.27 bits per heavy atom. The molecule has 0 atom stereocenters. The van der Waals surface area contributed by atoms with Crippen molar-refractivity contribution >= 4 is 23.6 Å². The van der Waals surface area contributed by atoms with Gasteiger partial charge in [-0.2, -0.15) is 0 Å². The number of carbonyl (C=O) groups is 2. The maximum absolute atomic E-state index is 12.6. The monoisotopic (exact) mass is 546 g/mol. The first-order chi connectivity index (χ1) is 19.0. The molecule has 2 aromatic carbocycles. The van der Waals surface area contributed by atoms with Crippen LogP contribution in [0.3, 0.4) is 0 Å². The Morgan fingerprint density at radius 2 is 1.73 bits per heavy atom. The zero-order valence-corrected chi connectivity index (χ0v) is 23.2. The van der Waals surface area contributed by atoms with Crippen LogP contribution in [-0.4, -0.2) is 41.2 Å². The number of rotatable bonds is 9. The third-order valence-electron chi connectivity index (χ3n) is 6.79. The number of aromatic nitrogens is 1. The lowest BCUT2D eigenvalue weighted by molar-refractivity contribution is -0.384. The van der Waals surface area contributed by atoms with Crippen LogP contribution in [0, 0.1) is 10.1 Å². The SMILES string of the molecule is COC(=O)CCNc1nc(-c2ccc(C3(NC(=O)OC(C)(C)C)CCC3)cc2)c(-c2ccccc2)cc1[N+](=O)[O-]. The fourth-order valence-electron chi connectivity index (χ4n) is 4.68. The summed E-state index contributed by atoms with van der Waals surface area (Å²) >= 11 is 0. The Bertz CT molecular complexity index is 1380. The molecule has 0 bridgehead atoms. The highest BCUT2D eigenvalue weighted by Crippen LogP contribution is 2.43. The molecular weight excluding hydrogens is 512 g/mol. The van der Waals surface area contributed by atoms with E-state index in [9.17, 15) is 19.7 Å². The van der Waals surface area contributed by atoms with Crippen molar-refractivity contribution in [1.82, 2.24) is 10.3 Å². The average Bonchev–Trinajstić information content (AvgIpc) is 2.90. The number of hydrogen-bond acceptors (Lipinski definition) is 8. The summed E-state index contributed by atoms with van der Waals surface area (Å²) < 4.78 is 10.2. The summed E-state index contributed by atoms with van der Waals surface area (Å²) in [6, 6.07) is 18.6. The lowest BCUT2D eigenvalue weighted by atomic mass is 9.71. The molecule has 1 fully saturated rings.